The first-order valence-corrected chi connectivity index (χ1v) is 9.54. The molecule has 1 saturated heterocycles. The summed E-state index contributed by atoms with van der Waals surface area (Å²) in [4.78, 5) is 14.0. The lowest BCUT2D eigenvalue weighted by atomic mass is 9.78. The van der Waals surface area contributed by atoms with E-state index >= 15 is 0 Å². The lowest BCUT2D eigenvalue weighted by Gasteiger charge is -2.35. The minimum atomic E-state index is -0.515. The molecule has 7 heteroatoms. The maximum Gasteiger partial charge on any atom is 0.337 e. The average Bonchev–Trinajstić information content (AvgIpc) is 3.06. The van der Waals surface area contributed by atoms with Crippen molar-refractivity contribution in [2.24, 2.45) is 11.8 Å². The third-order valence-electron chi connectivity index (χ3n) is 5.49. The maximum absolute atomic E-state index is 11.7. The van der Waals surface area contributed by atoms with E-state index in [0.717, 1.165) is 32.5 Å². The van der Waals surface area contributed by atoms with Crippen molar-refractivity contribution in [1.29, 1.82) is 0 Å². The largest absolute Gasteiger partial charge is 0.488 e. The van der Waals surface area contributed by atoms with Gasteiger partial charge in [0.1, 0.15) is 11.9 Å². The Bertz CT molecular complexity index is 624. The number of hydrogen-bond donors (Lipinski definition) is 2. The molecule has 2 fully saturated rings. The SMILES string of the molecule is COC(=O)c1cccc(O[C@@H]2C[C@@H]3CN(CCOCCO)C[C@@H]3C[C@H]2O)c1. The van der Waals surface area contributed by atoms with Gasteiger partial charge in [-0.15, -0.1) is 0 Å². The molecule has 2 aliphatic rings. The Balaban J connectivity index is 1.54. The first kappa shape index (κ1) is 20.1. The van der Waals surface area contributed by atoms with Crippen molar-refractivity contribution in [3.05, 3.63) is 29.8 Å². The summed E-state index contributed by atoms with van der Waals surface area (Å²) in [5.41, 5.74) is 0.438. The molecule has 0 amide bonds. The summed E-state index contributed by atoms with van der Waals surface area (Å²) in [6.07, 6.45) is 0.728. The van der Waals surface area contributed by atoms with Crippen LogP contribution in [-0.2, 0) is 9.47 Å². The van der Waals surface area contributed by atoms with E-state index < -0.39 is 12.1 Å². The minimum absolute atomic E-state index is 0.0492. The van der Waals surface area contributed by atoms with Crippen LogP contribution in [0.25, 0.3) is 0 Å². The minimum Gasteiger partial charge on any atom is -0.488 e. The van der Waals surface area contributed by atoms with Crippen LogP contribution in [0.5, 0.6) is 5.75 Å². The van der Waals surface area contributed by atoms with E-state index in [4.69, 9.17) is 19.3 Å². The average molecular weight is 379 g/mol. The van der Waals surface area contributed by atoms with Crippen molar-refractivity contribution >= 4 is 5.97 Å². The van der Waals surface area contributed by atoms with Gasteiger partial charge >= 0.3 is 5.97 Å². The van der Waals surface area contributed by atoms with Crippen LogP contribution in [0.1, 0.15) is 23.2 Å². The molecule has 1 aliphatic heterocycles. The van der Waals surface area contributed by atoms with Crippen LogP contribution in [0.2, 0.25) is 0 Å². The fraction of sp³-hybridized carbons (Fsp3) is 0.650. The second-order valence-electron chi connectivity index (χ2n) is 7.33. The number of aliphatic hydroxyl groups excluding tert-OH is 2. The summed E-state index contributed by atoms with van der Waals surface area (Å²) in [6.45, 7) is 3.82. The van der Waals surface area contributed by atoms with Gasteiger partial charge in [-0.05, 0) is 42.9 Å². The predicted molar refractivity (Wildman–Crippen MR) is 98.8 cm³/mol. The monoisotopic (exact) mass is 379 g/mol. The smallest absolute Gasteiger partial charge is 0.337 e. The topological polar surface area (TPSA) is 88.5 Å². The number of fused-ring (bicyclic) bond motifs is 1. The number of rotatable bonds is 8. The van der Waals surface area contributed by atoms with Crippen molar-refractivity contribution in [1.82, 2.24) is 4.90 Å². The Morgan fingerprint density at radius 1 is 1.22 bits per heavy atom. The lowest BCUT2D eigenvalue weighted by Crippen LogP contribution is -2.42. The molecule has 3 rings (SSSR count). The third kappa shape index (κ3) is 5.19. The molecule has 1 aliphatic carbocycles. The molecular formula is C20H29NO6. The van der Waals surface area contributed by atoms with E-state index in [-0.39, 0.29) is 12.7 Å². The van der Waals surface area contributed by atoms with E-state index in [1.807, 2.05) is 0 Å². The molecule has 0 radical (unpaired) electrons. The van der Waals surface area contributed by atoms with Crippen molar-refractivity contribution in [3.63, 3.8) is 0 Å². The van der Waals surface area contributed by atoms with Gasteiger partial charge in [-0.2, -0.15) is 0 Å². The molecule has 0 unspecified atom stereocenters. The molecule has 0 aromatic heterocycles. The van der Waals surface area contributed by atoms with Crippen LogP contribution in [0.3, 0.4) is 0 Å². The van der Waals surface area contributed by atoms with Gasteiger partial charge in [0, 0.05) is 19.6 Å². The second-order valence-corrected chi connectivity index (χ2v) is 7.33. The van der Waals surface area contributed by atoms with Crippen molar-refractivity contribution in [2.45, 2.75) is 25.0 Å². The van der Waals surface area contributed by atoms with E-state index in [1.54, 1.807) is 24.3 Å². The van der Waals surface area contributed by atoms with Gasteiger partial charge in [0.15, 0.2) is 0 Å². The Hall–Kier alpha value is -1.67. The number of methoxy groups -OCH3 is 1. The van der Waals surface area contributed by atoms with E-state index in [0.29, 0.717) is 36.4 Å². The summed E-state index contributed by atoms with van der Waals surface area (Å²) in [5.74, 6) is 1.13. The zero-order chi connectivity index (χ0) is 19.2. The van der Waals surface area contributed by atoms with Crippen LogP contribution < -0.4 is 4.74 Å². The molecule has 1 heterocycles. The maximum atomic E-state index is 11.7. The fourth-order valence-corrected chi connectivity index (χ4v) is 4.15. The fourth-order valence-electron chi connectivity index (χ4n) is 4.15. The first-order chi connectivity index (χ1) is 13.1. The number of likely N-dealkylation sites (tertiary alicyclic amines) is 1. The van der Waals surface area contributed by atoms with Crippen LogP contribution in [0.15, 0.2) is 24.3 Å². The third-order valence-corrected chi connectivity index (χ3v) is 5.49. The van der Waals surface area contributed by atoms with E-state index in [1.165, 1.54) is 7.11 Å². The van der Waals surface area contributed by atoms with E-state index in [2.05, 4.69) is 4.90 Å². The van der Waals surface area contributed by atoms with Crippen LogP contribution in [0, 0.1) is 11.8 Å². The highest BCUT2D eigenvalue weighted by Gasteiger charge is 2.42. The Labute approximate surface area is 159 Å². The van der Waals surface area contributed by atoms with Crippen LogP contribution >= 0.6 is 0 Å². The number of aliphatic hydroxyl groups is 2. The zero-order valence-electron chi connectivity index (χ0n) is 15.8. The van der Waals surface area contributed by atoms with Crippen molar-refractivity contribution in [2.75, 3.05) is 46.6 Å². The number of nitrogens with zero attached hydrogens (tertiary/aromatic N) is 1. The molecule has 0 spiro atoms. The number of benzene rings is 1. The van der Waals surface area contributed by atoms with Gasteiger partial charge in [-0.25, -0.2) is 4.79 Å². The van der Waals surface area contributed by atoms with E-state index in [9.17, 15) is 9.90 Å². The van der Waals surface area contributed by atoms with Crippen LogP contribution in [-0.4, -0.2) is 79.9 Å². The summed E-state index contributed by atoms with van der Waals surface area (Å²) in [5, 5.41) is 19.3. The van der Waals surface area contributed by atoms with Gasteiger partial charge in [0.2, 0.25) is 0 Å². The van der Waals surface area contributed by atoms with Gasteiger partial charge in [-0.3, -0.25) is 0 Å². The molecule has 4 atom stereocenters. The van der Waals surface area contributed by atoms with Gasteiger partial charge in [0.25, 0.3) is 0 Å². The number of carbonyl (C=O) groups excluding carboxylic acids is 1. The first-order valence-electron chi connectivity index (χ1n) is 9.54. The van der Waals surface area contributed by atoms with Gasteiger partial charge < -0.3 is 29.3 Å². The quantitative estimate of drug-likeness (QED) is 0.513. The summed E-state index contributed by atoms with van der Waals surface area (Å²) in [7, 11) is 1.35. The van der Waals surface area contributed by atoms with Crippen molar-refractivity contribution < 1.29 is 29.2 Å². The van der Waals surface area contributed by atoms with Crippen LogP contribution in [0.4, 0.5) is 0 Å². The number of carbonyl (C=O) groups is 1. The standard InChI is InChI=1S/C20H29NO6/c1-25-20(24)14-3-2-4-17(9-14)27-19-11-16-13-21(5-7-26-8-6-22)12-15(16)10-18(19)23/h2-4,9,15-16,18-19,22-23H,5-8,10-13H2,1H3/t15-,16+,18+,19+/m0/s1. The predicted octanol–water partition coefficient (Wildman–Crippen LogP) is 0.932. The zero-order valence-corrected chi connectivity index (χ0v) is 15.8. The Morgan fingerprint density at radius 2 is 2.00 bits per heavy atom. The highest BCUT2D eigenvalue weighted by Crippen LogP contribution is 2.38. The lowest BCUT2D eigenvalue weighted by molar-refractivity contribution is -0.0231. The highest BCUT2D eigenvalue weighted by atomic mass is 16.5. The molecule has 27 heavy (non-hydrogen) atoms. The number of esters is 1. The normalized spacial score (nSPS) is 28.0. The summed E-state index contributed by atoms with van der Waals surface area (Å²) >= 11 is 0. The molecule has 150 valence electrons. The summed E-state index contributed by atoms with van der Waals surface area (Å²) in [6, 6.07) is 6.89. The Morgan fingerprint density at radius 3 is 2.74 bits per heavy atom. The van der Waals surface area contributed by atoms with Crippen molar-refractivity contribution in [3.8, 4) is 5.75 Å². The molecule has 2 N–H and O–H groups in total. The molecule has 0 bridgehead atoms. The number of ether oxygens (including phenoxy) is 3. The Kier molecular flexibility index (Phi) is 7.07. The second kappa shape index (κ2) is 9.50. The highest BCUT2D eigenvalue weighted by molar-refractivity contribution is 5.89. The molecule has 1 aromatic rings. The number of hydrogen-bond acceptors (Lipinski definition) is 7. The summed E-state index contributed by atoms with van der Waals surface area (Å²) < 4.78 is 16.1. The molecular weight excluding hydrogens is 350 g/mol. The van der Waals surface area contributed by atoms with Gasteiger partial charge in [-0.1, -0.05) is 6.07 Å². The molecule has 7 nitrogen and oxygen atoms in total. The van der Waals surface area contributed by atoms with Gasteiger partial charge in [0.05, 0.1) is 38.6 Å². The molecule has 1 saturated carbocycles. The molecule has 1 aromatic carbocycles.